The second kappa shape index (κ2) is 7.58. The van der Waals surface area contributed by atoms with Gasteiger partial charge in [0, 0.05) is 6.54 Å². The lowest BCUT2D eigenvalue weighted by Gasteiger charge is -2.52. The van der Waals surface area contributed by atoms with E-state index in [0.29, 0.717) is 32.2 Å². The van der Waals surface area contributed by atoms with Gasteiger partial charge in [0.15, 0.2) is 0 Å². The number of halogens is 1. The summed E-state index contributed by atoms with van der Waals surface area (Å²) in [6.07, 6.45) is 6.20. The Hall–Kier alpha value is -0.850. The second-order valence-corrected chi connectivity index (χ2v) is 7.34. The minimum absolute atomic E-state index is 0. The van der Waals surface area contributed by atoms with E-state index < -0.39 is 17.2 Å². The average Bonchev–Trinajstić information content (AvgIpc) is 3.00. The highest BCUT2D eigenvalue weighted by atomic mass is 35.5. The Bertz CT molecular complexity index is 474. The van der Waals surface area contributed by atoms with Crippen LogP contribution in [0.5, 0.6) is 0 Å². The van der Waals surface area contributed by atoms with Crippen LogP contribution >= 0.6 is 12.4 Å². The van der Waals surface area contributed by atoms with Crippen molar-refractivity contribution in [2.45, 2.75) is 75.5 Å². The first kappa shape index (κ1) is 19.5. The molecule has 0 aromatic heterocycles. The predicted molar refractivity (Wildman–Crippen MR) is 94.1 cm³/mol. The van der Waals surface area contributed by atoms with Gasteiger partial charge >= 0.3 is 0 Å². The number of piperazine rings is 1. The molecule has 3 aliphatic rings. The van der Waals surface area contributed by atoms with Gasteiger partial charge in [-0.1, -0.05) is 26.2 Å². The van der Waals surface area contributed by atoms with Gasteiger partial charge in [0.2, 0.25) is 11.8 Å². The number of nitrogens with zero attached hydrogens (tertiary/aromatic N) is 1. The Morgan fingerprint density at radius 2 is 1.79 bits per heavy atom. The van der Waals surface area contributed by atoms with Gasteiger partial charge in [-0.3, -0.25) is 9.59 Å². The van der Waals surface area contributed by atoms with E-state index in [1.807, 2.05) is 0 Å². The van der Waals surface area contributed by atoms with E-state index in [1.165, 1.54) is 0 Å². The molecule has 2 aliphatic heterocycles. The fourth-order valence-corrected chi connectivity index (χ4v) is 4.43. The number of rotatable bonds is 4. The van der Waals surface area contributed by atoms with Crippen LogP contribution in [0.1, 0.15) is 58.3 Å². The summed E-state index contributed by atoms with van der Waals surface area (Å²) >= 11 is 0. The summed E-state index contributed by atoms with van der Waals surface area (Å²) in [6.45, 7) is 4.19. The number of nitrogens with one attached hydrogen (secondary N) is 2. The SMILES string of the molecule is CCCCN1C(=O)[C@@H](C2(O)CCCC2)NC(=O)C12CCNCC2.Cl. The molecule has 0 aromatic rings. The number of hydrogen-bond donors (Lipinski definition) is 3. The van der Waals surface area contributed by atoms with E-state index >= 15 is 0 Å². The van der Waals surface area contributed by atoms with Crippen molar-refractivity contribution in [3.8, 4) is 0 Å². The Morgan fingerprint density at radius 3 is 2.38 bits per heavy atom. The molecule has 0 aromatic carbocycles. The largest absolute Gasteiger partial charge is 0.387 e. The van der Waals surface area contributed by atoms with Crippen LogP contribution < -0.4 is 10.6 Å². The monoisotopic (exact) mass is 359 g/mol. The van der Waals surface area contributed by atoms with Crippen LogP contribution in [-0.4, -0.2) is 58.6 Å². The molecule has 0 radical (unpaired) electrons. The van der Waals surface area contributed by atoms with Crippen molar-refractivity contribution in [2.24, 2.45) is 0 Å². The summed E-state index contributed by atoms with van der Waals surface area (Å²) in [5.74, 6) is -0.149. The number of carbonyl (C=O) groups is 2. The Labute approximate surface area is 150 Å². The average molecular weight is 360 g/mol. The van der Waals surface area contributed by atoms with Crippen molar-refractivity contribution in [3.05, 3.63) is 0 Å². The standard InChI is InChI=1S/C17H29N3O3.ClH/c1-2-3-12-20-14(21)13(17(23)6-4-5-7-17)19-15(22)16(20)8-10-18-11-9-16;/h13,18,23H,2-12H2,1H3,(H,19,22);1H/t13-;/m0./s1. The highest BCUT2D eigenvalue weighted by molar-refractivity contribution is 6.00. The molecule has 138 valence electrons. The normalized spacial score (nSPS) is 28.6. The van der Waals surface area contributed by atoms with Gasteiger partial charge in [0.05, 0.1) is 5.60 Å². The van der Waals surface area contributed by atoms with E-state index in [-0.39, 0.29) is 24.2 Å². The van der Waals surface area contributed by atoms with Crippen LogP contribution in [0.4, 0.5) is 0 Å². The van der Waals surface area contributed by atoms with Gasteiger partial charge in [0.1, 0.15) is 11.6 Å². The van der Waals surface area contributed by atoms with Crippen LogP contribution in [0.25, 0.3) is 0 Å². The Balaban J connectivity index is 0.00000208. The van der Waals surface area contributed by atoms with Crippen molar-refractivity contribution < 1.29 is 14.7 Å². The number of unbranched alkanes of at least 4 members (excludes halogenated alkanes) is 1. The molecule has 2 heterocycles. The zero-order chi connectivity index (χ0) is 16.5. The van der Waals surface area contributed by atoms with Gasteiger partial charge in [-0.25, -0.2) is 0 Å². The molecule has 2 amide bonds. The molecule has 3 fully saturated rings. The van der Waals surface area contributed by atoms with Crippen LogP contribution in [0.3, 0.4) is 0 Å². The summed E-state index contributed by atoms with van der Waals surface area (Å²) in [5.41, 5.74) is -1.78. The maximum absolute atomic E-state index is 13.2. The van der Waals surface area contributed by atoms with Gasteiger partial charge in [-0.05, 0) is 45.2 Å². The highest BCUT2D eigenvalue weighted by Gasteiger charge is 2.57. The van der Waals surface area contributed by atoms with Gasteiger partial charge in [0.25, 0.3) is 0 Å². The number of hydrogen-bond acceptors (Lipinski definition) is 4. The van der Waals surface area contributed by atoms with Crippen molar-refractivity contribution in [1.29, 1.82) is 0 Å². The molecule has 1 aliphatic carbocycles. The number of carbonyl (C=O) groups excluding carboxylic acids is 2. The molecule has 1 saturated carbocycles. The molecule has 0 unspecified atom stereocenters. The van der Waals surface area contributed by atoms with E-state index in [2.05, 4.69) is 17.6 Å². The van der Waals surface area contributed by atoms with Gasteiger partial charge in [-0.15, -0.1) is 12.4 Å². The van der Waals surface area contributed by atoms with Crippen LogP contribution in [0.15, 0.2) is 0 Å². The molecule has 0 bridgehead atoms. The number of amides is 2. The molecule has 3 N–H and O–H groups in total. The van der Waals surface area contributed by atoms with E-state index in [1.54, 1.807) is 4.90 Å². The molecular weight excluding hydrogens is 330 g/mol. The highest BCUT2D eigenvalue weighted by Crippen LogP contribution is 2.38. The molecule has 3 rings (SSSR count). The zero-order valence-electron chi connectivity index (χ0n) is 14.5. The quantitative estimate of drug-likeness (QED) is 0.698. The van der Waals surface area contributed by atoms with Crippen molar-refractivity contribution in [3.63, 3.8) is 0 Å². The van der Waals surface area contributed by atoms with E-state index in [9.17, 15) is 14.7 Å². The molecule has 1 atom stereocenters. The van der Waals surface area contributed by atoms with Gasteiger partial charge in [-0.2, -0.15) is 0 Å². The minimum Gasteiger partial charge on any atom is -0.387 e. The topological polar surface area (TPSA) is 81.7 Å². The summed E-state index contributed by atoms with van der Waals surface area (Å²) in [7, 11) is 0. The van der Waals surface area contributed by atoms with Gasteiger partial charge < -0.3 is 20.6 Å². The molecular formula is C17H30ClN3O3. The van der Waals surface area contributed by atoms with Crippen LogP contribution in [-0.2, 0) is 9.59 Å². The maximum atomic E-state index is 13.2. The predicted octanol–water partition coefficient (Wildman–Crippen LogP) is 0.963. The summed E-state index contributed by atoms with van der Waals surface area (Å²) in [6, 6.07) is -0.769. The Kier molecular flexibility index (Phi) is 6.15. The lowest BCUT2D eigenvalue weighted by Crippen LogP contribution is -2.76. The lowest BCUT2D eigenvalue weighted by atomic mass is 9.79. The zero-order valence-corrected chi connectivity index (χ0v) is 15.3. The van der Waals surface area contributed by atoms with Crippen molar-refractivity contribution in [2.75, 3.05) is 19.6 Å². The van der Waals surface area contributed by atoms with E-state index in [4.69, 9.17) is 0 Å². The fraction of sp³-hybridized carbons (Fsp3) is 0.882. The van der Waals surface area contributed by atoms with Crippen molar-refractivity contribution >= 4 is 24.2 Å². The first-order valence-corrected chi connectivity index (χ1v) is 9.09. The van der Waals surface area contributed by atoms with E-state index in [0.717, 1.165) is 38.8 Å². The summed E-state index contributed by atoms with van der Waals surface area (Å²) < 4.78 is 0. The smallest absolute Gasteiger partial charge is 0.249 e. The first-order chi connectivity index (χ1) is 11.0. The second-order valence-electron chi connectivity index (χ2n) is 7.34. The molecule has 2 saturated heterocycles. The molecule has 1 spiro atoms. The third-order valence-corrected chi connectivity index (χ3v) is 5.90. The minimum atomic E-state index is -1.06. The third-order valence-electron chi connectivity index (χ3n) is 5.90. The molecule has 6 nitrogen and oxygen atoms in total. The molecule has 7 heteroatoms. The fourth-order valence-electron chi connectivity index (χ4n) is 4.43. The number of aliphatic hydroxyl groups is 1. The summed E-state index contributed by atoms with van der Waals surface area (Å²) in [4.78, 5) is 27.9. The number of piperidine rings is 1. The lowest BCUT2D eigenvalue weighted by molar-refractivity contribution is -0.167. The third kappa shape index (κ3) is 3.16. The Morgan fingerprint density at radius 1 is 1.17 bits per heavy atom. The maximum Gasteiger partial charge on any atom is 0.249 e. The molecule has 24 heavy (non-hydrogen) atoms. The van der Waals surface area contributed by atoms with Crippen molar-refractivity contribution in [1.82, 2.24) is 15.5 Å². The summed E-state index contributed by atoms with van der Waals surface area (Å²) in [5, 5.41) is 17.0. The first-order valence-electron chi connectivity index (χ1n) is 9.09. The van der Waals surface area contributed by atoms with Crippen LogP contribution in [0.2, 0.25) is 0 Å². The van der Waals surface area contributed by atoms with Crippen LogP contribution in [0, 0.1) is 0 Å².